The van der Waals surface area contributed by atoms with Gasteiger partial charge in [-0.25, -0.2) is 0 Å². The number of aliphatic carboxylic acids is 1. The molecule has 0 unspecified atom stereocenters. The highest BCUT2D eigenvalue weighted by Crippen LogP contribution is 2.13. The summed E-state index contributed by atoms with van der Waals surface area (Å²) < 4.78 is 67.6. The Morgan fingerprint density at radius 1 is 0.157 bits per heavy atom. The van der Waals surface area contributed by atoms with Crippen LogP contribution < -0.4 is 5.11 Å². The molecule has 0 N–H and O–H groups in total. The van der Waals surface area contributed by atoms with Gasteiger partial charge in [0.15, 0.2) is 0 Å². The SMILES string of the molecule is CCCCCCCC(=O)OCCCCC(=O)OCCCCC(=O)OCCCCC(=O)OCCCCC(=O)OCCCCC(=O)OCCCCC(=O)OCCCCC(=O)OCCCCC(=O)OCCCCC(=O)OCCCCC(=O)OCCCCC(=O)OCCCCC(=O)OCCCCCC(=O)[O-]. The number of carbonyl (C=O) groups excluding carboxylic acids is 14. The van der Waals surface area contributed by atoms with Crippen LogP contribution >= 0.6 is 0 Å². The molecule has 0 aromatic carbocycles. The number of rotatable bonds is 72. The van der Waals surface area contributed by atoms with E-state index in [1.165, 1.54) is 6.42 Å². The molecule has 0 spiro atoms. The molecule has 0 saturated carbocycles. The normalized spacial score (nSPS) is 10.8. The minimum atomic E-state index is -1.10. The minimum absolute atomic E-state index is 0.0133. The van der Waals surface area contributed by atoms with Gasteiger partial charge in [-0.2, -0.15) is 0 Å². The lowest BCUT2D eigenvalue weighted by molar-refractivity contribution is -0.305. The number of esters is 13. The lowest BCUT2D eigenvalue weighted by atomic mass is 10.1. The van der Waals surface area contributed by atoms with Gasteiger partial charge < -0.3 is 71.5 Å². The van der Waals surface area contributed by atoms with E-state index in [0.29, 0.717) is 186 Å². The Kier molecular flexibility index (Phi) is 65.5. The second kappa shape index (κ2) is 70.6. The third kappa shape index (κ3) is 71.0. The van der Waals surface area contributed by atoms with E-state index in [2.05, 4.69) is 6.92 Å². The van der Waals surface area contributed by atoms with Crippen molar-refractivity contribution >= 4 is 83.6 Å². The number of carboxylic acids is 1. The van der Waals surface area contributed by atoms with E-state index in [9.17, 15) is 72.2 Å². The van der Waals surface area contributed by atoms with Crippen LogP contribution in [-0.2, 0) is 129 Å². The standard InChI is InChI=1S/C74H122O28/c1-2-3-4-5-8-35-62(77)91-49-22-10-37-64(79)93-51-24-12-39-66(81)95-53-26-14-41-68(83)97-55-28-16-43-70(85)99-57-30-18-45-72(87)101-59-32-20-47-74(89)102-60-33-19-46-73(88)100-58-31-17-44-71(86)98-56-29-15-42-69(84)96-54-27-13-40-67(82)94-52-25-11-38-65(80)92-50-23-9-36-63(78)90-48-21-6-7-34-61(75)76/h2-60H2,1H3,(H,75,76)/p-1. The first-order chi connectivity index (χ1) is 49.4. The van der Waals surface area contributed by atoms with Gasteiger partial charge in [-0.1, -0.05) is 32.6 Å². The van der Waals surface area contributed by atoms with Crippen molar-refractivity contribution in [1.82, 2.24) is 0 Å². The summed E-state index contributed by atoms with van der Waals surface area (Å²) >= 11 is 0. The predicted octanol–water partition coefficient (Wildman–Crippen LogP) is 10.8. The van der Waals surface area contributed by atoms with E-state index in [-0.39, 0.29) is 216 Å². The zero-order chi connectivity index (χ0) is 75.0. The van der Waals surface area contributed by atoms with Crippen molar-refractivity contribution in [1.29, 1.82) is 0 Å². The Bertz CT molecular complexity index is 2300. The fraction of sp³-hybridized carbons (Fsp3) is 0.811. The van der Waals surface area contributed by atoms with Gasteiger partial charge in [0.1, 0.15) is 0 Å². The predicted molar refractivity (Wildman–Crippen MR) is 366 cm³/mol. The monoisotopic (exact) mass is 1460 g/mol. The maximum atomic E-state index is 12.1. The van der Waals surface area contributed by atoms with Crippen LogP contribution in [0.15, 0.2) is 0 Å². The second-order valence-corrected chi connectivity index (χ2v) is 24.7. The summed E-state index contributed by atoms with van der Waals surface area (Å²) in [5, 5.41) is 10.4. The van der Waals surface area contributed by atoms with E-state index in [4.69, 9.17) is 61.6 Å². The lowest BCUT2D eigenvalue weighted by Gasteiger charge is -2.08. The highest BCUT2D eigenvalue weighted by molar-refractivity contribution is 5.74. The van der Waals surface area contributed by atoms with Crippen molar-refractivity contribution in [3.05, 3.63) is 0 Å². The molecule has 0 rings (SSSR count). The van der Waals surface area contributed by atoms with Crippen molar-refractivity contribution in [3.63, 3.8) is 0 Å². The van der Waals surface area contributed by atoms with Crippen LogP contribution in [0.4, 0.5) is 0 Å². The molecule has 0 fully saturated rings. The molecular weight excluding hydrogens is 1340 g/mol. The van der Waals surface area contributed by atoms with Crippen LogP contribution in [0.5, 0.6) is 0 Å². The molecular formula is C74H121O28-. The summed E-state index contributed by atoms with van der Waals surface area (Å²) in [5.41, 5.74) is 0. The smallest absolute Gasteiger partial charge is 0.305 e. The van der Waals surface area contributed by atoms with E-state index < -0.39 is 29.8 Å². The summed E-state index contributed by atoms with van der Waals surface area (Å²) in [7, 11) is 0. The number of hydrogen-bond acceptors (Lipinski definition) is 28. The van der Waals surface area contributed by atoms with Crippen LogP contribution in [0.25, 0.3) is 0 Å². The fourth-order valence-corrected chi connectivity index (χ4v) is 9.23. The minimum Gasteiger partial charge on any atom is -0.550 e. The van der Waals surface area contributed by atoms with Gasteiger partial charge in [0, 0.05) is 89.4 Å². The average molecular weight is 1460 g/mol. The van der Waals surface area contributed by atoms with Crippen LogP contribution in [0, 0.1) is 0 Å². The summed E-state index contributed by atoms with van der Waals surface area (Å²) in [5.74, 6) is -5.80. The van der Waals surface area contributed by atoms with Crippen LogP contribution in [0.1, 0.15) is 302 Å². The molecule has 0 aliphatic heterocycles. The summed E-state index contributed by atoms with van der Waals surface area (Å²) in [4.78, 5) is 166. The van der Waals surface area contributed by atoms with E-state index >= 15 is 0 Å². The number of carboxylic acid groups (broad SMARTS) is 1. The van der Waals surface area contributed by atoms with Gasteiger partial charge in [-0.15, -0.1) is 0 Å². The molecule has 0 amide bonds. The Morgan fingerprint density at radius 3 is 0.402 bits per heavy atom. The highest BCUT2D eigenvalue weighted by Gasteiger charge is 2.14. The van der Waals surface area contributed by atoms with Gasteiger partial charge in [0.05, 0.1) is 85.9 Å². The molecule has 28 nitrogen and oxygen atoms in total. The number of ether oxygens (including phenoxy) is 13. The van der Waals surface area contributed by atoms with Gasteiger partial charge in [-0.05, 0) is 186 Å². The Morgan fingerprint density at radius 2 is 0.265 bits per heavy atom. The maximum absolute atomic E-state index is 12.1. The molecule has 0 atom stereocenters. The molecule has 0 bridgehead atoms. The Hall–Kier alpha value is -7.42. The molecule has 0 aromatic rings. The average Bonchev–Trinajstić information content (AvgIpc) is 2.53. The molecule has 0 aliphatic rings. The summed E-state index contributed by atoms with van der Waals surface area (Å²) in [6.45, 7) is 4.51. The number of carbonyl (C=O) groups is 14. The first-order valence-electron chi connectivity index (χ1n) is 37.6. The van der Waals surface area contributed by atoms with E-state index in [1.807, 2.05) is 0 Å². The van der Waals surface area contributed by atoms with Crippen molar-refractivity contribution in [2.24, 2.45) is 0 Å². The zero-order valence-corrected chi connectivity index (χ0v) is 61.2. The van der Waals surface area contributed by atoms with E-state index in [0.717, 1.165) is 25.7 Å². The van der Waals surface area contributed by atoms with Gasteiger partial charge >= 0.3 is 77.6 Å². The zero-order valence-electron chi connectivity index (χ0n) is 61.2. The molecule has 102 heavy (non-hydrogen) atoms. The maximum Gasteiger partial charge on any atom is 0.305 e. The first kappa shape index (κ1) is 94.6. The summed E-state index contributed by atoms with van der Waals surface area (Å²) in [6.07, 6.45) is 21.3. The van der Waals surface area contributed by atoms with Crippen LogP contribution in [-0.4, -0.2) is 169 Å². The highest BCUT2D eigenvalue weighted by atomic mass is 16.6. The Balaban J connectivity index is 3.59. The molecule has 0 radical (unpaired) electrons. The fourth-order valence-electron chi connectivity index (χ4n) is 9.23. The molecule has 0 aromatic heterocycles. The quantitative estimate of drug-likeness (QED) is 0.0310. The van der Waals surface area contributed by atoms with Crippen molar-refractivity contribution < 1.29 is 134 Å². The van der Waals surface area contributed by atoms with Crippen molar-refractivity contribution in [2.45, 2.75) is 302 Å². The third-order valence-corrected chi connectivity index (χ3v) is 15.2. The van der Waals surface area contributed by atoms with Gasteiger partial charge in [0.2, 0.25) is 0 Å². The molecule has 28 heteroatoms. The molecule has 0 heterocycles. The molecule has 586 valence electrons. The van der Waals surface area contributed by atoms with Crippen molar-refractivity contribution in [3.8, 4) is 0 Å². The van der Waals surface area contributed by atoms with E-state index in [1.54, 1.807) is 0 Å². The number of unbranched alkanes of at least 4 members (excludes halogenated alkanes) is 18. The number of hydrogen-bond donors (Lipinski definition) is 0. The second-order valence-electron chi connectivity index (χ2n) is 24.7. The van der Waals surface area contributed by atoms with Gasteiger partial charge in [-0.3, -0.25) is 62.3 Å². The largest absolute Gasteiger partial charge is 0.550 e. The molecule has 0 saturated heterocycles. The third-order valence-electron chi connectivity index (χ3n) is 15.2. The van der Waals surface area contributed by atoms with Crippen LogP contribution in [0.2, 0.25) is 0 Å². The van der Waals surface area contributed by atoms with Crippen molar-refractivity contribution in [2.75, 3.05) is 85.9 Å². The van der Waals surface area contributed by atoms with Crippen LogP contribution in [0.3, 0.4) is 0 Å². The van der Waals surface area contributed by atoms with Gasteiger partial charge in [0.25, 0.3) is 0 Å². The molecule has 0 aliphatic carbocycles. The first-order valence-corrected chi connectivity index (χ1v) is 37.6. The topological polar surface area (TPSA) is 382 Å². The lowest BCUT2D eigenvalue weighted by Crippen LogP contribution is -2.21. The summed E-state index contributed by atoms with van der Waals surface area (Å²) in [6, 6.07) is 0. The Labute approximate surface area is 603 Å².